The molecule has 0 heterocycles. The van der Waals surface area contributed by atoms with E-state index in [9.17, 15) is 4.79 Å². The van der Waals surface area contributed by atoms with Gasteiger partial charge in [-0.25, -0.2) is 0 Å². The van der Waals surface area contributed by atoms with Gasteiger partial charge in [0.15, 0.2) is 0 Å². The van der Waals surface area contributed by atoms with Crippen LogP contribution < -0.4 is 0 Å². The first-order valence-corrected chi connectivity index (χ1v) is 3.47. The van der Waals surface area contributed by atoms with E-state index in [0.29, 0.717) is 6.42 Å². The van der Waals surface area contributed by atoms with Crippen molar-refractivity contribution in [1.29, 1.82) is 0 Å². The van der Waals surface area contributed by atoms with E-state index in [4.69, 9.17) is 5.11 Å². The molecule has 0 amide bonds. The maximum Gasteiger partial charge on any atom is 0.126 e. The highest BCUT2D eigenvalue weighted by Gasteiger charge is 2.27. The van der Waals surface area contributed by atoms with Crippen LogP contribution in [-0.2, 0) is 4.79 Å². The second-order valence-corrected chi connectivity index (χ2v) is 3.18. The predicted octanol–water partition coefficient (Wildman–Crippen LogP) is 0.902. The van der Waals surface area contributed by atoms with Gasteiger partial charge in [0.2, 0.25) is 0 Å². The fourth-order valence-electron chi connectivity index (χ4n) is 1.22. The fraction of sp³-hybridized carbons (Fsp3) is 0.625. The summed E-state index contributed by atoms with van der Waals surface area (Å²) in [4.78, 5) is 10.5. The van der Waals surface area contributed by atoms with Gasteiger partial charge in [-0.1, -0.05) is 19.1 Å². The molecule has 0 fully saturated rings. The molecule has 0 saturated heterocycles. The average molecular weight is 140 g/mol. The first kappa shape index (κ1) is 7.48. The molecule has 1 aliphatic rings. The Bertz CT molecular complexity index is 163. The van der Waals surface area contributed by atoms with Gasteiger partial charge in [0.25, 0.3) is 0 Å². The molecule has 0 bridgehead atoms. The number of allylic oxidation sites excluding steroid dienone is 1. The summed E-state index contributed by atoms with van der Waals surface area (Å²) in [6.07, 6.45) is 5.43. The Balaban J connectivity index is 2.67. The number of hydrogen-bond donors (Lipinski definition) is 1. The van der Waals surface area contributed by atoms with E-state index >= 15 is 0 Å². The third kappa shape index (κ3) is 1.45. The van der Waals surface area contributed by atoms with Crippen molar-refractivity contribution in [2.24, 2.45) is 5.41 Å². The number of carbonyl (C=O) groups is 1. The summed E-state index contributed by atoms with van der Waals surface area (Å²) in [6.45, 7) is 1.87. The van der Waals surface area contributed by atoms with Crippen LogP contribution in [0.3, 0.4) is 0 Å². The van der Waals surface area contributed by atoms with Crippen LogP contribution in [-0.4, -0.2) is 17.5 Å². The van der Waals surface area contributed by atoms with Crippen LogP contribution in [0.4, 0.5) is 0 Å². The Morgan fingerprint density at radius 1 is 1.80 bits per heavy atom. The molecule has 0 aromatic rings. The quantitative estimate of drug-likeness (QED) is 0.434. The highest BCUT2D eigenvalue weighted by molar-refractivity contribution is 5.59. The van der Waals surface area contributed by atoms with E-state index in [0.717, 1.165) is 12.7 Å². The van der Waals surface area contributed by atoms with Gasteiger partial charge in [0, 0.05) is 5.41 Å². The highest BCUT2D eigenvalue weighted by Crippen LogP contribution is 2.29. The normalized spacial score (nSPS) is 39.6. The van der Waals surface area contributed by atoms with Crippen LogP contribution in [0.15, 0.2) is 12.2 Å². The molecule has 0 aromatic heterocycles. The Labute approximate surface area is 60.6 Å². The molecule has 10 heavy (non-hydrogen) atoms. The van der Waals surface area contributed by atoms with E-state index in [1.165, 1.54) is 0 Å². The van der Waals surface area contributed by atoms with Crippen LogP contribution in [0, 0.1) is 5.41 Å². The van der Waals surface area contributed by atoms with Gasteiger partial charge in [-0.05, 0) is 12.8 Å². The summed E-state index contributed by atoms with van der Waals surface area (Å²) in [7, 11) is 0. The van der Waals surface area contributed by atoms with Crippen molar-refractivity contribution in [3.8, 4) is 0 Å². The summed E-state index contributed by atoms with van der Waals surface area (Å²) in [5.41, 5.74) is -0.325. The van der Waals surface area contributed by atoms with Crippen LogP contribution in [0.5, 0.6) is 0 Å². The van der Waals surface area contributed by atoms with Crippen LogP contribution in [0.2, 0.25) is 0 Å². The molecule has 1 aliphatic carbocycles. The lowest BCUT2D eigenvalue weighted by atomic mass is 9.79. The minimum atomic E-state index is -0.427. The van der Waals surface area contributed by atoms with Crippen molar-refractivity contribution in [3.05, 3.63) is 12.2 Å². The van der Waals surface area contributed by atoms with Crippen molar-refractivity contribution >= 4 is 6.29 Å². The smallest absolute Gasteiger partial charge is 0.126 e. The molecule has 0 saturated carbocycles. The van der Waals surface area contributed by atoms with E-state index in [-0.39, 0.29) is 5.41 Å². The monoisotopic (exact) mass is 140 g/mol. The lowest BCUT2D eigenvalue weighted by Gasteiger charge is -2.26. The molecule has 0 spiro atoms. The maximum atomic E-state index is 10.5. The molecule has 56 valence electrons. The third-order valence-corrected chi connectivity index (χ3v) is 1.90. The summed E-state index contributed by atoms with van der Waals surface area (Å²) in [6, 6.07) is 0. The lowest BCUT2D eigenvalue weighted by Crippen LogP contribution is -2.26. The molecular weight excluding hydrogens is 128 g/mol. The van der Waals surface area contributed by atoms with Crippen LogP contribution in [0.1, 0.15) is 19.8 Å². The van der Waals surface area contributed by atoms with Gasteiger partial charge < -0.3 is 9.90 Å². The van der Waals surface area contributed by atoms with Crippen molar-refractivity contribution < 1.29 is 9.90 Å². The standard InChI is InChI=1S/C8H12O2/c1-8(6-9)4-2-3-7(10)5-8/h2-3,6-7,10H,4-5H2,1H3/t7-,8+/m1/s1. The minimum absolute atomic E-state index is 0.325. The number of aldehydes is 1. The molecule has 2 nitrogen and oxygen atoms in total. The van der Waals surface area contributed by atoms with E-state index in [1.54, 1.807) is 6.08 Å². The lowest BCUT2D eigenvalue weighted by molar-refractivity contribution is -0.116. The largest absolute Gasteiger partial charge is 0.389 e. The van der Waals surface area contributed by atoms with Crippen LogP contribution >= 0.6 is 0 Å². The molecule has 2 atom stereocenters. The Morgan fingerprint density at radius 2 is 2.50 bits per heavy atom. The summed E-state index contributed by atoms with van der Waals surface area (Å²) in [5.74, 6) is 0. The SMILES string of the molecule is C[C@]1(C=O)CC=C[C@@H](O)C1. The second-order valence-electron chi connectivity index (χ2n) is 3.18. The number of aliphatic hydroxyl groups is 1. The summed E-state index contributed by atoms with van der Waals surface area (Å²) < 4.78 is 0. The Hall–Kier alpha value is -0.630. The molecule has 0 aliphatic heterocycles. The molecule has 1 rings (SSSR count). The molecule has 0 radical (unpaired) electrons. The topological polar surface area (TPSA) is 37.3 Å². The predicted molar refractivity (Wildman–Crippen MR) is 38.6 cm³/mol. The molecular formula is C8H12O2. The fourth-order valence-corrected chi connectivity index (χ4v) is 1.22. The maximum absolute atomic E-state index is 10.5. The van der Waals surface area contributed by atoms with Crippen molar-refractivity contribution in [1.82, 2.24) is 0 Å². The van der Waals surface area contributed by atoms with Crippen molar-refractivity contribution in [2.75, 3.05) is 0 Å². The Kier molecular flexibility index (Phi) is 1.90. The van der Waals surface area contributed by atoms with Gasteiger partial charge in [-0.3, -0.25) is 0 Å². The number of carbonyl (C=O) groups excluding carboxylic acids is 1. The summed E-state index contributed by atoms with van der Waals surface area (Å²) in [5, 5.41) is 9.13. The first-order chi connectivity index (χ1) is 4.66. The zero-order chi connectivity index (χ0) is 7.61. The van der Waals surface area contributed by atoms with Gasteiger partial charge >= 0.3 is 0 Å². The molecule has 0 aromatic carbocycles. The zero-order valence-electron chi connectivity index (χ0n) is 6.08. The minimum Gasteiger partial charge on any atom is -0.389 e. The average Bonchev–Trinajstić information content (AvgIpc) is 1.88. The number of hydrogen-bond acceptors (Lipinski definition) is 2. The Morgan fingerprint density at radius 3 is 2.90 bits per heavy atom. The summed E-state index contributed by atoms with van der Waals surface area (Å²) >= 11 is 0. The van der Waals surface area contributed by atoms with E-state index in [1.807, 2.05) is 13.0 Å². The third-order valence-electron chi connectivity index (χ3n) is 1.90. The number of aliphatic hydroxyl groups excluding tert-OH is 1. The van der Waals surface area contributed by atoms with Crippen molar-refractivity contribution in [3.63, 3.8) is 0 Å². The molecule has 0 unspecified atom stereocenters. The van der Waals surface area contributed by atoms with Gasteiger partial charge in [-0.15, -0.1) is 0 Å². The van der Waals surface area contributed by atoms with E-state index < -0.39 is 6.10 Å². The van der Waals surface area contributed by atoms with Crippen LogP contribution in [0.25, 0.3) is 0 Å². The van der Waals surface area contributed by atoms with Crippen molar-refractivity contribution in [2.45, 2.75) is 25.9 Å². The van der Waals surface area contributed by atoms with E-state index in [2.05, 4.69) is 0 Å². The van der Waals surface area contributed by atoms with Gasteiger partial charge in [0.1, 0.15) is 6.29 Å². The van der Waals surface area contributed by atoms with Gasteiger partial charge in [0.05, 0.1) is 6.10 Å². The first-order valence-electron chi connectivity index (χ1n) is 3.47. The molecule has 2 heteroatoms. The van der Waals surface area contributed by atoms with Gasteiger partial charge in [-0.2, -0.15) is 0 Å². The second kappa shape index (κ2) is 2.54. The molecule has 1 N–H and O–H groups in total. The zero-order valence-corrected chi connectivity index (χ0v) is 6.08. The highest BCUT2D eigenvalue weighted by atomic mass is 16.3. The number of rotatable bonds is 1.